The monoisotopic (exact) mass is 368 g/mol. The van der Waals surface area contributed by atoms with Gasteiger partial charge in [-0.3, -0.25) is 14.4 Å². The van der Waals surface area contributed by atoms with Crippen LogP contribution in [0.25, 0.3) is 10.1 Å². The van der Waals surface area contributed by atoms with E-state index in [1.165, 1.54) is 21.2 Å². The molecule has 4 rings (SSSR count). The van der Waals surface area contributed by atoms with Crippen LogP contribution >= 0.6 is 11.3 Å². The number of fused-ring (bicyclic) bond motifs is 1. The van der Waals surface area contributed by atoms with E-state index in [2.05, 4.69) is 46.6 Å². The van der Waals surface area contributed by atoms with Gasteiger partial charge in [0.05, 0.1) is 10.6 Å². The minimum absolute atomic E-state index is 0.0303. The van der Waals surface area contributed by atoms with Crippen molar-refractivity contribution in [3.8, 4) is 0 Å². The number of nitrogens with zero attached hydrogens (tertiary/aromatic N) is 3. The number of hydrogen-bond donors (Lipinski definition) is 1. The lowest BCUT2D eigenvalue weighted by Gasteiger charge is -2.16. The van der Waals surface area contributed by atoms with Crippen LogP contribution in [0.2, 0.25) is 0 Å². The molecule has 1 aliphatic rings. The average Bonchev–Trinajstić information content (AvgIpc) is 3.31. The van der Waals surface area contributed by atoms with Gasteiger partial charge >= 0.3 is 0 Å². The van der Waals surface area contributed by atoms with Gasteiger partial charge in [0.25, 0.3) is 5.91 Å². The van der Waals surface area contributed by atoms with Crippen molar-refractivity contribution >= 4 is 27.3 Å². The van der Waals surface area contributed by atoms with E-state index in [1.54, 1.807) is 18.4 Å². The molecule has 1 aliphatic heterocycles. The Labute approximate surface area is 157 Å². The number of benzene rings is 1. The van der Waals surface area contributed by atoms with E-state index < -0.39 is 0 Å². The van der Waals surface area contributed by atoms with Crippen LogP contribution in [0.3, 0.4) is 0 Å². The van der Waals surface area contributed by atoms with Crippen molar-refractivity contribution in [2.75, 3.05) is 20.1 Å². The Hall–Kier alpha value is -2.18. The quantitative estimate of drug-likeness (QED) is 0.769. The van der Waals surface area contributed by atoms with Gasteiger partial charge in [0.15, 0.2) is 0 Å². The molecule has 6 heteroatoms. The second kappa shape index (κ2) is 6.85. The van der Waals surface area contributed by atoms with Crippen molar-refractivity contribution in [1.29, 1.82) is 0 Å². The molecule has 3 aromatic rings. The molecule has 1 N–H and O–H groups in total. The van der Waals surface area contributed by atoms with E-state index in [-0.39, 0.29) is 5.91 Å². The van der Waals surface area contributed by atoms with Gasteiger partial charge in [0.1, 0.15) is 0 Å². The largest absolute Gasteiger partial charge is 0.354 e. The lowest BCUT2D eigenvalue weighted by atomic mass is 9.95. The first-order valence-corrected chi connectivity index (χ1v) is 9.83. The third kappa shape index (κ3) is 3.04. The summed E-state index contributed by atoms with van der Waals surface area (Å²) in [5.41, 5.74) is 3.62. The Kier molecular flexibility index (Phi) is 4.54. The van der Waals surface area contributed by atoms with Gasteiger partial charge < -0.3 is 5.32 Å². The lowest BCUT2D eigenvalue weighted by molar-refractivity contribution is 0.0966. The molecule has 0 unspecified atom stereocenters. The molecular weight excluding hydrogens is 344 g/mol. The first-order valence-electron chi connectivity index (χ1n) is 9.01. The summed E-state index contributed by atoms with van der Waals surface area (Å²) in [6, 6.07) is 8.38. The Morgan fingerprint density at radius 3 is 2.92 bits per heavy atom. The van der Waals surface area contributed by atoms with Gasteiger partial charge in [-0.05, 0) is 36.9 Å². The molecule has 0 saturated carbocycles. The van der Waals surface area contributed by atoms with Crippen molar-refractivity contribution in [3.05, 3.63) is 52.2 Å². The molecule has 2 aromatic heterocycles. The van der Waals surface area contributed by atoms with Crippen LogP contribution in [0.1, 0.15) is 38.8 Å². The van der Waals surface area contributed by atoms with E-state index in [0.29, 0.717) is 5.92 Å². The van der Waals surface area contributed by atoms with E-state index in [9.17, 15) is 4.79 Å². The van der Waals surface area contributed by atoms with Crippen LogP contribution in [-0.2, 0) is 13.6 Å². The first-order chi connectivity index (χ1) is 12.6. The average molecular weight is 369 g/mol. The number of aromatic nitrogens is 2. The highest BCUT2D eigenvalue weighted by Crippen LogP contribution is 2.40. The standard InChI is InChI=1S/C20H24N4OS/c1-13-15(10-23(3)22-13)12-24-9-8-14(11-24)18-16-6-4-5-7-17(16)26-19(18)20(25)21-2/h4-7,10,14H,8-9,11-12H2,1-3H3,(H,21,25)/t14-/m0/s1. The summed E-state index contributed by atoms with van der Waals surface area (Å²) in [6.07, 6.45) is 3.20. The molecule has 1 atom stereocenters. The summed E-state index contributed by atoms with van der Waals surface area (Å²) in [7, 11) is 3.68. The van der Waals surface area contributed by atoms with Crippen molar-refractivity contribution in [2.24, 2.45) is 7.05 Å². The highest BCUT2D eigenvalue weighted by Gasteiger charge is 2.30. The summed E-state index contributed by atoms with van der Waals surface area (Å²) >= 11 is 1.61. The molecule has 1 aromatic carbocycles. The first kappa shape index (κ1) is 17.2. The molecule has 136 valence electrons. The Morgan fingerprint density at radius 1 is 1.38 bits per heavy atom. The maximum atomic E-state index is 12.5. The smallest absolute Gasteiger partial charge is 0.261 e. The molecule has 0 radical (unpaired) electrons. The van der Waals surface area contributed by atoms with Crippen molar-refractivity contribution in [1.82, 2.24) is 20.0 Å². The minimum Gasteiger partial charge on any atom is -0.354 e. The third-order valence-electron chi connectivity index (χ3n) is 5.26. The molecule has 1 saturated heterocycles. The maximum Gasteiger partial charge on any atom is 0.261 e. The van der Waals surface area contributed by atoms with E-state index in [0.717, 1.165) is 36.6 Å². The second-order valence-electron chi connectivity index (χ2n) is 7.05. The van der Waals surface area contributed by atoms with Crippen LogP contribution in [0, 0.1) is 6.92 Å². The summed E-state index contributed by atoms with van der Waals surface area (Å²) in [4.78, 5) is 15.8. The number of amides is 1. The number of hydrogen-bond acceptors (Lipinski definition) is 4. The predicted octanol–water partition coefficient (Wildman–Crippen LogP) is 3.29. The highest BCUT2D eigenvalue weighted by atomic mass is 32.1. The van der Waals surface area contributed by atoms with E-state index >= 15 is 0 Å². The van der Waals surface area contributed by atoms with E-state index in [1.807, 2.05) is 17.8 Å². The molecule has 0 bridgehead atoms. The van der Waals surface area contributed by atoms with Gasteiger partial charge in [-0.15, -0.1) is 11.3 Å². The van der Waals surface area contributed by atoms with Gasteiger partial charge in [-0.1, -0.05) is 18.2 Å². The summed E-state index contributed by atoms with van der Waals surface area (Å²) in [5, 5.41) is 8.50. The fourth-order valence-corrected chi connectivity index (χ4v) is 5.25. The fraction of sp³-hybridized carbons (Fsp3) is 0.400. The topological polar surface area (TPSA) is 50.2 Å². The van der Waals surface area contributed by atoms with E-state index in [4.69, 9.17) is 0 Å². The number of aryl methyl sites for hydroxylation is 2. The summed E-state index contributed by atoms with van der Waals surface area (Å²) in [5.74, 6) is 0.429. The fourth-order valence-electron chi connectivity index (χ4n) is 4.01. The van der Waals surface area contributed by atoms with Crippen LogP contribution < -0.4 is 5.32 Å². The summed E-state index contributed by atoms with van der Waals surface area (Å²) < 4.78 is 3.08. The number of nitrogens with one attached hydrogen (secondary N) is 1. The molecule has 26 heavy (non-hydrogen) atoms. The van der Waals surface area contributed by atoms with Gasteiger partial charge in [0, 0.05) is 49.6 Å². The van der Waals surface area contributed by atoms with Crippen LogP contribution in [0.4, 0.5) is 0 Å². The Bertz CT molecular complexity index is 958. The Morgan fingerprint density at radius 2 is 2.19 bits per heavy atom. The van der Waals surface area contributed by atoms with Crippen molar-refractivity contribution in [3.63, 3.8) is 0 Å². The molecule has 1 fully saturated rings. The number of thiophene rings is 1. The zero-order valence-corrected chi connectivity index (χ0v) is 16.3. The molecular formula is C20H24N4OS. The normalized spacial score (nSPS) is 17.9. The number of rotatable bonds is 4. The second-order valence-corrected chi connectivity index (χ2v) is 8.11. The number of carbonyl (C=O) groups excluding carboxylic acids is 1. The van der Waals surface area contributed by atoms with Crippen LogP contribution in [-0.4, -0.2) is 40.7 Å². The van der Waals surface area contributed by atoms with Crippen LogP contribution in [0.5, 0.6) is 0 Å². The van der Waals surface area contributed by atoms with Gasteiger partial charge in [-0.2, -0.15) is 5.10 Å². The maximum absolute atomic E-state index is 12.5. The molecule has 0 spiro atoms. The third-order valence-corrected chi connectivity index (χ3v) is 6.44. The van der Waals surface area contributed by atoms with Crippen LogP contribution in [0.15, 0.2) is 30.5 Å². The zero-order chi connectivity index (χ0) is 18.3. The molecule has 3 heterocycles. The molecule has 0 aliphatic carbocycles. The van der Waals surface area contributed by atoms with Gasteiger partial charge in [-0.25, -0.2) is 0 Å². The SMILES string of the molecule is CNC(=O)c1sc2ccccc2c1[C@H]1CCN(Cc2cn(C)nc2C)C1. The predicted molar refractivity (Wildman–Crippen MR) is 106 cm³/mol. The molecule has 5 nitrogen and oxygen atoms in total. The lowest BCUT2D eigenvalue weighted by Crippen LogP contribution is -2.21. The van der Waals surface area contributed by atoms with Crippen molar-refractivity contribution < 1.29 is 4.79 Å². The zero-order valence-electron chi connectivity index (χ0n) is 15.5. The Balaban J connectivity index is 1.62. The number of carbonyl (C=O) groups is 1. The molecule has 1 amide bonds. The van der Waals surface area contributed by atoms with Gasteiger partial charge in [0.2, 0.25) is 0 Å². The highest BCUT2D eigenvalue weighted by molar-refractivity contribution is 7.21. The summed E-state index contributed by atoms with van der Waals surface area (Å²) in [6.45, 7) is 5.03. The minimum atomic E-state index is 0.0303. The van der Waals surface area contributed by atoms with Crippen molar-refractivity contribution in [2.45, 2.75) is 25.8 Å². The number of likely N-dealkylation sites (tertiary alicyclic amines) is 1.